The van der Waals surface area contributed by atoms with Gasteiger partial charge in [-0.1, -0.05) is 50.2 Å². The van der Waals surface area contributed by atoms with E-state index in [-0.39, 0.29) is 82.1 Å². The molecule has 1 fully saturated rings. The zero-order valence-corrected chi connectivity index (χ0v) is 59.5. The highest BCUT2D eigenvalue weighted by Crippen LogP contribution is 2.32. The van der Waals surface area contributed by atoms with Crippen LogP contribution in [0.4, 0.5) is 8.78 Å². The topological polar surface area (TPSA) is 334 Å². The second-order valence-corrected chi connectivity index (χ2v) is 28.0. The van der Waals surface area contributed by atoms with Gasteiger partial charge in [-0.3, -0.25) is 47.9 Å². The van der Waals surface area contributed by atoms with Crippen molar-refractivity contribution in [3.05, 3.63) is 137 Å². The minimum atomic E-state index is -1.57. The number of hydrogen-bond donors (Lipinski definition) is 11. The predicted molar refractivity (Wildman–Crippen MR) is 384 cm³/mol. The molecule has 4 heterocycles. The van der Waals surface area contributed by atoms with Crippen LogP contribution in [0.2, 0.25) is 0 Å². The molecule has 2 aliphatic heterocycles. The Kier molecular flexibility index (Phi) is 29.3. The highest BCUT2D eigenvalue weighted by Gasteiger charge is 2.48. The minimum Gasteiger partial charge on any atom is -0.497 e. The molecule has 544 valence electrons. The van der Waals surface area contributed by atoms with Crippen molar-refractivity contribution in [2.45, 2.75) is 165 Å². The van der Waals surface area contributed by atoms with Crippen molar-refractivity contribution in [3.63, 3.8) is 0 Å². The molecule has 2 bridgehead atoms. The third-order valence-corrected chi connectivity index (χ3v) is 20.1. The van der Waals surface area contributed by atoms with Crippen molar-refractivity contribution in [2.24, 2.45) is 0 Å². The van der Waals surface area contributed by atoms with Crippen LogP contribution in [0.15, 0.2) is 97.3 Å². The van der Waals surface area contributed by atoms with Crippen molar-refractivity contribution < 1.29 is 66.6 Å². The summed E-state index contributed by atoms with van der Waals surface area (Å²) in [5.41, 5.74) is 3.15. The van der Waals surface area contributed by atoms with Gasteiger partial charge < -0.3 is 72.1 Å². The second-order valence-electron chi connectivity index (χ2n) is 25.8. The third-order valence-electron chi connectivity index (χ3n) is 18.2. The van der Waals surface area contributed by atoms with Crippen molar-refractivity contribution in [3.8, 4) is 5.75 Å². The standard InChI is InChI=1S/C73H94F2N12O12S2/c1-6-30-86-42-64(89)82-59(16-11-17-65(90)91)68(94)84-61(35-47-18-22-53(99-5)23-19-47)71(97)87-31-12-28-73(87,4)72(98)79-44-101-32-26-46-13-10-14-48(34-46)43-100-33-27-63(88)81-58(15-8-9-29-76-7-2)67(93)80-45(3)66(92)83-60(36-49-40-77-56-24-20-51(74)38-54(49)56)69(95)85-62(70(86)96)37-50-41-78-57-25-21-52(75)39-55(50)57/h10,13-14,18-25,34,38-41,45,58-62,76-78H,6-9,11-12,15-17,26-33,35-37,42-44H2,1-5H3,(H,79,98)(H,80,93)(H,81,88)(H,82,89)(H,83,92)(H,84,94)(H,85,95)(H,90,91)/t45-,58+,59+,60+,61+,62+,73+/m1/s1. The van der Waals surface area contributed by atoms with Gasteiger partial charge in [-0.05, 0) is 167 Å². The van der Waals surface area contributed by atoms with Gasteiger partial charge in [-0.2, -0.15) is 11.8 Å². The zero-order chi connectivity index (χ0) is 72.6. The molecule has 4 aromatic carbocycles. The minimum absolute atomic E-state index is 0.0705. The average molecular weight is 1430 g/mol. The molecule has 8 rings (SSSR count). The van der Waals surface area contributed by atoms with E-state index < -0.39 is 114 Å². The summed E-state index contributed by atoms with van der Waals surface area (Å²) in [5.74, 6) is -6.20. The number of carboxylic acid groups (broad SMARTS) is 1. The number of carbonyl (C=O) groups excluding carboxylic acids is 9. The number of halogens is 2. The molecule has 24 nitrogen and oxygen atoms in total. The number of aryl methyl sites for hydroxylation is 1. The number of carboxylic acids is 1. The number of hydrogen-bond acceptors (Lipinski definition) is 14. The van der Waals surface area contributed by atoms with E-state index in [0.29, 0.717) is 100 Å². The monoisotopic (exact) mass is 1430 g/mol. The molecule has 6 aromatic rings. The lowest BCUT2D eigenvalue weighted by atomic mass is 9.96. The summed E-state index contributed by atoms with van der Waals surface area (Å²) in [6, 6.07) is 14.6. The predicted octanol–water partition coefficient (Wildman–Crippen LogP) is 6.23. The number of aliphatic carboxylic acids is 1. The first-order valence-electron chi connectivity index (χ1n) is 34.5. The molecule has 11 N–H and O–H groups in total. The van der Waals surface area contributed by atoms with Gasteiger partial charge in [-0.25, -0.2) is 8.78 Å². The molecule has 101 heavy (non-hydrogen) atoms. The highest BCUT2D eigenvalue weighted by molar-refractivity contribution is 7.99. The number of amides is 9. The summed E-state index contributed by atoms with van der Waals surface area (Å²) >= 11 is 3.06. The first kappa shape index (κ1) is 77.7. The molecule has 0 unspecified atom stereocenters. The number of aromatic nitrogens is 2. The summed E-state index contributed by atoms with van der Waals surface area (Å²) in [5, 5.41) is 33.5. The fourth-order valence-corrected chi connectivity index (χ4v) is 14.3. The molecular weight excluding hydrogens is 1340 g/mol. The molecule has 0 aliphatic carbocycles. The highest BCUT2D eigenvalue weighted by atomic mass is 32.2. The van der Waals surface area contributed by atoms with Gasteiger partial charge in [0, 0.05) is 90.9 Å². The smallest absolute Gasteiger partial charge is 0.303 e. The number of carbonyl (C=O) groups is 10. The maximum Gasteiger partial charge on any atom is 0.303 e. The van der Waals surface area contributed by atoms with Crippen molar-refractivity contribution >= 4 is 104 Å². The van der Waals surface area contributed by atoms with Crippen molar-refractivity contribution in [1.29, 1.82) is 0 Å². The van der Waals surface area contributed by atoms with Gasteiger partial charge in [0.05, 0.1) is 19.5 Å². The Labute approximate surface area is 595 Å². The normalized spacial score (nSPS) is 22.1. The maximum absolute atomic E-state index is 15.4. The molecule has 0 spiro atoms. The molecular formula is C73H94F2N12O12S2. The Morgan fingerprint density at radius 3 is 1.92 bits per heavy atom. The van der Waals surface area contributed by atoms with Gasteiger partial charge in [0.2, 0.25) is 53.2 Å². The Morgan fingerprint density at radius 1 is 0.663 bits per heavy atom. The van der Waals surface area contributed by atoms with Crippen LogP contribution in [0, 0.1) is 11.6 Å². The Morgan fingerprint density at radius 2 is 1.27 bits per heavy atom. The lowest BCUT2D eigenvalue weighted by molar-refractivity contribution is -0.146. The molecule has 2 aromatic heterocycles. The molecule has 1 saturated heterocycles. The van der Waals surface area contributed by atoms with Crippen LogP contribution in [0.1, 0.15) is 120 Å². The third kappa shape index (κ3) is 22.5. The Balaban J connectivity index is 1.13. The van der Waals surface area contributed by atoms with E-state index in [9.17, 15) is 43.1 Å². The molecule has 9 amide bonds. The van der Waals surface area contributed by atoms with E-state index in [4.69, 9.17) is 4.74 Å². The first-order valence-corrected chi connectivity index (χ1v) is 36.9. The summed E-state index contributed by atoms with van der Waals surface area (Å²) in [7, 11) is 1.50. The Bertz CT molecular complexity index is 3870. The number of H-pyrrole nitrogens is 2. The number of fused-ring (bicyclic) bond motifs is 5. The van der Waals surface area contributed by atoms with Crippen molar-refractivity contribution in [2.75, 3.05) is 57.2 Å². The lowest BCUT2D eigenvalue weighted by Crippen LogP contribution is -2.61. The summed E-state index contributed by atoms with van der Waals surface area (Å²) in [6.45, 7) is 7.58. The number of rotatable bonds is 19. The number of unbranched alkanes of at least 4 members (excludes halogenated alkanes) is 1. The van der Waals surface area contributed by atoms with Gasteiger partial charge in [0.1, 0.15) is 59.2 Å². The van der Waals surface area contributed by atoms with Crippen LogP contribution < -0.4 is 47.3 Å². The summed E-state index contributed by atoms with van der Waals surface area (Å²) in [4.78, 5) is 153. The van der Waals surface area contributed by atoms with E-state index in [0.717, 1.165) is 22.6 Å². The van der Waals surface area contributed by atoms with Crippen molar-refractivity contribution in [1.82, 2.24) is 62.3 Å². The maximum atomic E-state index is 15.4. The number of benzene rings is 4. The number of thioether (sulfide) groups is 2. The van der Waals surface area contributed by atoms with E-state index >= 15 is 18.8 Å². The number of nitrogens with one attached hydrogen (secondary N) is 10. The van der Waals surface area contributed by atoms with Crippen LogP contribution in [-0.4, -0.2) is 183 Å². The van der Waals surface area contributed by atoms with Gasteiger partial charge in [0.25, 0.3) is 0 Å². The zero-order valence-electron chi connectivity index (χ0n) is 57.9. The quantitative estimate of drug-likeness (QED) is 0.0400. The SMILES string of the molecule is CCCN1CC(=O)N[C@@H](CCCC(=O)O)C(=O)N[C@@H](Cc2ccc(OC)cc2)C(=O)N2CCC[C@@]2(C)C(=O)NCSCCc2cccc(c2)CSCCC(=O)N[C@@H](CCCCNCC)C(=O)N[C@H](C)C(=O)N[C@@H](Cc2c[nH]c3ccc(F)cc23)C(=O)N[C@@H](Cc2c[nH]c3ccc(F)cc23)C1=O. The number of nitrogens with zero attached hydrogens (tertiary/aromatic N) is 2. The number of aromatic amines is 2. The first-order chi connectivity index (χ1) is 48.5. The molecule has 2 aliphatic rings. The van der Waals surface area contributed by atoms with E-state index in [1.807, 2.05) is 25.1 Å². The fourth-order valence-electron chi connectivity index (χ4n) is 12.7. The summed E-state index contributed by atoms with van der Waals surface area (Å²) < 4.78 is 35.4. The van der Waals surface area contributed by atoms with E-state index in [2.05, 4.69) is 58.6 Å². The Hall–Kier alpha value is -9.02. The molecule has 0 radical (unpaired) electrons. The van der Waals surface area contributed by atoms with E-state index in [1.54, 1.807) is 62.3 Å². The largest absolute Gasteiger partial charge is 0.497 e. The van der Waals surface area contributed by atoms with Crippen LogP contribution >= 0.6 is 23.5 Å². The average Bonchev–Trinajstić information content (AvgIpc) is 1.69. The summed E-state index contributed by atoms with van der Waals surface area (Å²) in [6.07, 6.45) is 4.98. The van der Waals surface area contributed by atoms with Gasteiger partial charge >= 0.3 is 5.97 Å². The molecule has 28 heteroatoms. The number of ether oxygens (including phenoxy) is 1. The van der Waals surface area contributed by atoms with Crippen LogP contribution in [0.3, 0.4) is 0 Å². The van der Waals surface area contributed by atoms with Crippen LogP contribution in [-0.2, 0) is 79.4 Å². The molecule has 7 atom stereocenters. The lowest BCUT2D eigenvalue weighted by Gasteiger charge is -2.36. The van der Waals surface area contributed by atoms with Crippen LogP contribution in [0.25, 0.3) is 21.8 Å². The second kappa shape index (κ2) is 38.1. The van der Waals surface area contributed by atoms with E-state index in [1.165, 1.54) is 67.1 Å². The fraction of sp³-hybridized carbons (Fsp3) is 0.479. The number of methoxy groups -OCH3 is 1. The van der Waals surface area contributed by atoms with Gasteiger partial charge in [0.15, 0.2) is 0 Å². The molecule has 0 saturated carbocycles. The van der Waals surface area contributed by atoms with Crippen LogP contribution in [0.5, 0.6) is 5.75 Å². The van der Waals surface area contributed by atoms with Gasteiger partial charge in [-0.15, -0.1) is 11.8 Å².